The molecule has 1 aliphatic rings. The van der Waals surface area contributed by atoms with Crippen molar-refractivity contribution in [3.05, 3.63) is 35.7 Å². The highest BCUT2D eigenvalue weighted by Crippen LogP contribution is 2.27. The zero-order valence-corrected chi connectivity index (χ0v) is 13.4. The number of aryl methyl sites for hydroxylation is 1. The SMILES string of the molecule is COCCN1CCC[C@@H](c2cccc(-c3cc(C)[nH]n3)n2)C1. The van der Waals surface area contributed by atoms with Gasteiger partial charge in [-0.3, -0.25) is 10.1 Å². The molecule has 0 saturated carbocycles. The molecule has 1 N–H and O–H groups in total. The zero-order valence-electron chi connectivity index (χ0n) is 13.4. The summed E-state index contributed by atoms with van der Waals surface area (Å²) in [5, 5.41) is 7.30. The number of hydrogen-bond donors (Lipinski definition) is 1. The number of methoxy groups -OCH3 is 1. The molecule has 1 fully saturated rings. The summed E-state index contributed by atoms with van der Waals surface area (Å²) in [7, 11) is 1.76. The first-order chi connectivity index (χ1) is 10.8. The van der Waals surface area contributed by atoms with Gasteiger partial charge in [-0.1, -0.05) is 6.07 Å². The van der Waals surface area contributed by atoms with Gasteiger partial charge in [-0.25, -0.2) is 0 Å². The Kier molecular flexibility index (Phi) is 4.85. The van der Waals surface area contributed by atoms with Gasteiger partial charge in [0.05, 0.1) is 12.3 Å². The second-order valence-electron chi connectivity index (χ2n) is 6.02. The largest absolute Gasteiger partial charge is 0.383 e. The van der Waals surface area contributed by atoms with Crippen LogP contribution in [0.5, 0.6) is 0 Å². The quantitative estimate of drug-likeness (QED) is 0.922. The second-order valence-corrected chi connectivity index (χ2v) is 6.02. The normalized spacial score (nSPS) is 19.5. The first kappa shape index (κ1) is 15.2. The summed E-state index contributed by atoms with van der Waals surface area (Å²) >= 11 is 0. The van der Waals surface area contributed by atoms with Gasteiger partial charge in [-0.15, -0.1) is 0 Å². The minimum Gasteiger partial charge on any atom is -0.383 e. The first-order valence-corrected chi connectivity index (χ1v) is 7.97. The molecule has 1 atom stereocenters. The Labute approximate surface area is 131 Å². The van der Waals surface area contributed by atoms with E-state index in [1.807, 2.05) is 19.1 Å². The number of aromatic amines is 1. The van der Waals surface area contributed by atoms with Crippen molar-refractivity contribution in [2.45, 2.75) is 25.7 Å². The molecule has 3 rings (SSSR count). The maximum Gasteiger partial charge on any atom is 0.111 e. The van der Waals surface area contributed by atoms with E-state index in [0.29, 0.717) is 5.92 Å². The van der Waals surface area contributed by atoms with Crippen LogP contribution in [0.15, 0.2) is 24.3 Å². The van der Waals surface area contributed by atoms with Crippen LogP contribution >= 0.6 is 0 Å². The molecule has 0 amide bonds. The van der Waals surface area contributed by atoms with Crippen molar-refractivity contribution in [2.24, 2.45) is 0 Å². The Morgan fingerprint density at radius 3 is 3.05 bits per heavy atom. The van der Waals surface area contributed by atoms with Crippen molar-refractivity contribution in [3.8, 4) is 11.4 Å². The predicted octanol–water partition coefficient (Wildman–Crippen LogP) is 2.61. The third kappa shape index (κ3) is 3.54. The fourth-order valence-electron chi connectivity index (χ4n) is 3.09. The molecule has 5 heteroatoms. The van der Waals surface area contributed by atoms with E-state index in [9.17, 15) is 0 Å². The van der Waals surface area contributed by atoms with E-state index in [-0.39, 0.29) is 0 Å². The van der Waals surface area contributed by atoms with Crippen molar-refractivity contribution in [2.75, 3.05) is 33.4 Å². The number of rotatable bonds is 5. The predicted molar refractivity (Wildman–Crippen MR) is 86.8 cm³/mol. The summed E-state index contributed by atoms with van der Waals surface area (Å²) in [5.74, 6) is 0.505. The summed E-state index contributed by atoms with van der Waals surface area (Å²) < 4.78 is 5.20. The van der Waals surface area contributed by atoms with Crippen LogP contribution in [-0.2, 0) is 4.74 Å². The van der Waals surface area contributed by atoms with Gasteiger partial charge in [-0.05, 0) is 44.5 Å². The molecule has 1 aliphatic heterocycles. The van der Waals surface area contributed by atoms with Crippen LogP contribution < -0.4 is 0 Å². The second kappa shape index (κ2) is 7.03. The van der Waals surface area contributed by atoms with Crippen molar-refractivity contribution in [1.29, 1.82) is 0 Å². The Morgan fingerprint density at radius 1 is 1.36 bits per heavy atom. The van der Waals surface area contributed by atoms with E-state index in [1.54, 1.807) is 7.11 Å². The average Bonchev–Trinajstić information content (AvgIpc) is 3.00. The topological polar surface area (TPSA) is 54.0 Å². The molecule has 3 heterocycles. The maximum atomic E-state index is 5.20. The molecule has 0 bridgehead atoms. The molecular weight excluding hydrogens is 276 g/mol. The number of pyridine rings is 1. The Morgan fingerprint density at radius 2 is 2.27 bits per heavy atom. The molecular formula is C17H24N4O. The molecule has 0 radical (unpaired) electrons. The van der Waals surface area contributed by atoms with Gasteiger partial charge < -0.3 is 9.64 Å². The average molecular weight is 300 g/mol. The molecule has 118 valence electrons. The smallest absolute Gasteiger partial charge is 0.111 e. The van der Waals surface area contributed by atoms with Crippen LogP contribution in [0.25, 0.3) is 11.4 Å². The van der Waals surface area contributed by atoms with E-state index in [0.717, 1.165) is 43.3 Å². The molecule has 0 unspecified atom stereocenters. The first-order valence-electron chi connectivity index (χ1n) is 7.97. The molecule has 22 heavy (non-hydrogen) atoms. The maximum absolute atomic E-state index is 5.20. The lowest BCUT2D eigenvalue weighted by Gasteiger charge is -2.32. The third-order valence-corrected chi connectivity index (χ3v) is 4.27. The van der Waals surface area contributed by atoms with E-state index in [2.05, 4.69) is 27.2 Å². The van der Waals surface area contributed by atoms with Crippen LogP contribution in [-0.4, -0.2) is 53.4 Å². The molecule has 5 nitrogen and oxygen atoms in total. The van der Waals surface area contributed by atoms with Gasteiger partial charge in [0.25, 0.3) is 0 Å². The van der Waals surface area contributed by atoms with Gasteiger partial charge in [0.2, 0.25) is 0 Å². The minimum atomic E-state index is 0.505. The summed E-state index contributed by atoms with van der Waals surface area (Å²) in [6, 6.07) is 8.31. The standard InChI is InChI=1S/C17H24N4O/c1-13-11-17(20-19-13)16-7-3-6-15(18-16)14-5-4-8-21(12-14)9-10-22-2/h3,6-7,11,14H,4-5,8-10,12H2,1-2H3,(H,19,20)/t14-/m1/s1. The summed E-state index contributed by atoms with van der Waals surface area (Å²) in [6.07, 6.45) is 2.43. The fourth-order valence-corrected chi connectivity index (χ4v) is 3.09. The molecule has 0 spiro atoms. The number of ether oxygens (including phenoxy) is 1. The minimum absolute atomic E-state index is 0.505. The van der Waals surface area contributed by atoms with Crippen molar-refractivity contribution < 1.29 is 4.74 Å². The van der Waals surface area contributed by atoms with Crippen molar-refractivity contribution in [3.63, 3.8) is 0 Å². The Balaban J connectivity index is 1.74. The van der Waals surface area contributed by atoms with Crippen LogP contribution in [0.1, 0.15) is 30.1 Å². The molecule has 0 aromatic carbocycles. The number of likely N-dealkylation sites (tertiary alicyclic amines) is 1. The van der Waals surface area contributed by atoms with E-state index in [4.69, 9.17) is 9.72 Å². The van der Waals surface area contributed by atoms with Gasteiger partial charge in [0, 0.05) is 37.5 Å². The van der Waals surface area contributed by atoms with Crippen LogP contribution in [0.3, 0.4) is 0 Å². The molecule has 1 saturated heterocycles. The third-order valence-electron chi connectivity index (χ3n) is 4.27. The number of nitrogens with one attached hydrogen (secondary N) is 1. The number of nitrogens with zero attached hydrogens (tertiary/aromatic N) is 3. The summed E-state index contributed by atoms with van der Waals surface area (Å²) in [5.41, 5.74) is 4.12. The van der Waals surface area contributed by atoms with Crippen LogP contribution in [0.2, 0.25) is 0 Å². The van der Waals surface area contributed by atoms with Crippen molar-refractivity contribution in [1.82, 2.24) is 20.1 Å². The zero-order chi connectivity index (χ0) is 15.4. The summed E-state index contributed by atoms with van der Waals surface area (Å²) in [4.78, 5) is 7.33. The number of H-pyrrole nitrogens is 1. The van der Waals surface area contributed by atoms with Crippen LogP contribution in [0.4, 0.5) is 0 Å². The lowest BCUT2D eigenvalue weighted by atomic mass is 9.94. The van der Waals surface area contributed by atoms with Crippen LogP contribution in [0, 0.1) is 6.92 Å². The van der Waals surface area contributed by atoms with Gasteiger partial charge in [-0.2, -0.15) is 5.10 Å². The van der Waals surface area contributed by atoms with Gasteiger partial charge in [0.1, 0.15) is 5.69 Å². The van der Waals surface area contributed by atoms with E-state index in [1.165, 1.54) is 18.5 Å². The van der Waals surface area contributed by atoms with E-state index < -0.39 is 0 Å². The monoisotopic (exact) mass is 300 g/mol. The lowest BCUT2D eigenvalue weighted by Crippen LogP contribution is -2.36. The highest BCUT2D eigenvalue weighted by atomic mass is 16.5. The summed E-state index contributed by atoms with van der Waals surface area (Å²) in [6.45, 7) is 6.05. The lowest BCUT2D eigenvalue weighted by molar-refractivity contribution is 0.127. The van der Waals surface area contributed by atoms with Gasteiger partial charge in [0.15, 0.2) is 0 Å². The fraction of sp³-hybridized carbons (Fsp3) is 0.529. The molecule has 0 aliphatic carbocycles. The van der Waals surface area contributed by atoms with Gasteiger partial charge >= 0.3 is 0 Å². The Hall–Kier alpha value is -1.72. The number of hydrogen-bond acceptors (Lipinski definition) is 4. The molecule has 2 aromatic heterocycles. The Bertz CT molecular complexity index is 610. The molecule has 2 aromatic rings. The van der Waals surface area contributed by atoms with E-state index >= 15 is 0 Å². The number of piperidine rings is 1. The number of aromatic nitrogens is 3. The highest BCUT2D eigenvalue weighted by Gasteiger charge is 2.22. The van der Waals surface area contributed by atoms with Crippen molar-refractivity contribution >= 4 is 0 Å². The highest BCUT2D eigenvalue weighted by molar-refractivity contribution is 5.54.